The molecule has 1 aromatic carbocycles. The van der Waals surface area contributed by atoms with Crippen molar-refractivity contribution in [2.45, 2.75) is 46.1 Å². The fourth-order valence-electron chi connectivity index (χ4n) is 2.16. The highest BCUT2D eigenvalue weighted by Gasteiger charge is 2.25. The summed E-state index contributed by atoms with van der Waals surface area (Å²) >= 11 is 0. The van der Waals surface area contributed by atoms with Crippen molar-refractivity contribution in [1.82, 2.24) is 5.32 Å². The number of benzene rings is 1. The molecule has 4 heteroatoms. The summed E-state index contributed by atoms with van der Waals surface area (Å²) in [6.45, 7) is 5.79. The lowest BCUT2D eigenvalue weighted by Gasteiger charge is -2.20. The molecule has 0 heterocycles. The van der Waals surface area contributed by atoms with Crippen molar-refractivity contribution in [2.75, 3.05) is 0 Å². The second-order valence-electron chi connectivity index (χ2n) is 5.07. The van der Waals surface area contributed by atoms with Crippen LogP contribution in [0.2, 0.25) is 0 Å². The molecule has 0 aliphatic carbocycles. The van der Waals surface area contributed by atoms with Crippen LogP contribution in [0.15, 0.2) is 24.3 Å². The van der Waals surface area contributed by atoms with Crippen molar-refractivity contribution in [1.29, 1.82) is 0 Å². The summed E-state index contributed by atoms with van der Waals surface area (Å²) in [5.41, 5.74) is 2.08. The Balaban J connectivity index is 2.73. The van der Waals surface area contributed by atoms with Gasteiger partial charge in [-0.2, -0.15) is 0 Å². The van der Waals surface area contributed by atoms with Crippen LogP contribution in [0, 0.1) is 5.92 Å². The molecule has 0 aliphatic rings. The molecule has 4 nitrogen and oxygen atoms in total. The molecule has 0 aliphatic heterocycles. The molecule has 0 spiro atoms. The van der Waals surface area contributed by atoms with Gasteiger partial charge in [-0.25, -0.2) is 4.79 Å². The zero-order valence-corrected chi connectivity index (χ0v) is 12.3. The molecule has 110 valence electrons. The van der Waals surface area contributed by atoms with Gasteiger partial charge in [0.1, 0.15) is 6.04 Å². The van der Waals surface area contributed by atoms with Crippen LogP contribution in [0.3, 0.4) is 0 Å². The van der Waals surface area contributed by atoms with Crippen molar-refractivity contribution >= 4 is 11.9 Å². The first-order valence-corrected chi connectivity index (χ1v) is 7.08. The van der Waals surface area contributed by atoms with Gasteiger partial charge in [-0.05, 0) is 23.5 Å². The number of aryl methyl sites for hydroxylation is 1. The van der Waals surface area contributed by atoms with E-state index in [1.54, 1.807) is 0 Å². The number of rotatable bonds is 7. The van der Waals surface area contributed by atoms with E-state index in [-0.39, 0.29) is 18.2 Å². The Morgan fingerprint density at radius 3 is 2.30 bits per heavy atom. The molecule has 0 saturated heterocycles. The minimum atomic E-state index is -0.975. The maximum absolute atomic E-state index is 12.0. The van der Waals surface area contributed by atoms with Crippen molar-refractivity contribution in [3.05, 3.63) is 35.4 Å². The van der Waals surface area contributed by atoms with Gasteiger partial charge in [0.05, 0.1) is 6.42 Å². The largest absolute Gasteiger partial charge is 0.480 e. The third kappa shape index (κ3) is 4.37. The Hall–Kier alpha value is -1.84. The summed E-state index contributed by atoms with van der Waals surface area (Å²) in [5.74, 6) is -1.30. The van der Waals surface area contributed by atoms with E-state index in [0.717, 1.165) is 17.5 Å². The van der Waals surface area contributed by atoms with Gasteiger partial charge in [0.15, 0.2) is 0 Å². The first-order chi connectivity index (χ1) is 9.49. The quantitative estimate of drug-likeness (QED) is 0.804. The Kier molecular flexibility index (Phi) is 6.22. The van der Waals surface area contributed by atoms with Crippen molar-refractivity contribution in [3.8, 4) is 0 Å². The van der Waals surface area contributed by atoms with Crippen LogP contribution in [0.1, 0.15) is 38.3 Å². The van der Waals surface area contributed by atoms with Crippen LogP contribution in [-0.4, -0.2) is 23.0 Å². The van der Waals surface area contributed by atoms with Gasteiger partial charge in [-0.1, -0.05) is 51.5 Å². The lowest BCUT2D eigenvalue weighted by atomic mass is 9.98. The second-order valence-corrected chi connectivity index (χ2v) is 5.07. The van der Waals surface area contributed by atoms with Crippen molar-refractivity contribution in [2.24, 2.45) is 5.92 Å². The molecule has 0 bridgehead atoms. The number of carboxylic acids is 1. The van der Waals surface area contributed by atoms with Crippen LogP contribution in [0.25, 0.3) is 0 Å². The van der Waals surface area contributed by atoms with E-state index in [1.165, 1.54) is 0 Å². The van der Waals surface area contributed by atoms with Gasteiger partial charge in [-0.15, -0.1) is 0 Å². The third-order valence-corrected chi connectivity index (χ3v) is 3.65. The predicted octanol–water partition coefficient (Wildman–Crippen LogP) is 2.41. The van der Waals surface area contributed by atoms with Crippen molar-refractivity contribution in [3.63, 3.8) is 0 Å². The van der Waals surface area contributed by atoms with E-state index in [0.29, 0.717) is 6.42 Å². The fourth-order valence-corrected chi connectivity index (χ4v) is 2.16. The fraction of sp³-hybridized carbons (Fsp3) is 0.500. The molecule has 2 unspecified atom stereocenters. The number of carboxylic acid groups (broad SMARTS) is 1. The van der Waals surface area contributed by atoms with E-state index in [1.807, 2.05) is 45.0 Å². The van der Waals surface area contributed by atoms with Crippen LogP contribution in [0.5, 0.6) is 0 Å². The van der Waals surface area contributed by atoms with Gasteiger partial charge in [0.25, 0.3) is 0 Å². The highest BCUT2D eigenvalue weighted by atomic mass is 16.4. The maximum Gasteiger partial charge on any atom is 0.326 e. The first-order valence-electron chi connectivity index (χ1n) is 7.08. The number of carbonyl (C=O) groups excluding carboxylic acids is 1. The van der Waals surface area contributed by atoms with Crippen LogP contribution in [-0.2, 0) is 22.4 Å². The smallest absolute Gasteiger partial charge is 0.326 e. The third-order valence-electron chi connectivity index (χ3n) is 3.65. The van der Waals surface area contributed by atoms with Gasteiger partial charge in [0.2, 0.25) is 5.91 Å². The van der Waals surface area contributed by atoms with Crippen molar-refractivity contribution < 1.29 is 14.7 Å². The van der Waals surface area contributed by atoms with Gasteiger partial charge in [0, 0.05) is 0 Å². The topological polar surface area (TPSA) is 66.4 Å². The highest BCUT2D eigenvalue weighted by molar-refractivity contribution is 5.85. The van der Waals surface area contributed by atoms with Crippen LogP contribution in [0.4, 0.5) is 0 Å². The van der Waals surface area contributed by atoms with Gasteiger partial charge >= 0.3 is 5.97 Å². The molecule has 2 atom stereocenters. The van der Waals surface area contributed by atoms with E-state index in [4.69, 9.17) is 0 Å². The van der Waals surface area contributed by atoms with Gasteiger partial charge in [-0.3, -0.25) is 4.79 Å². The van der Waals surface area contributed by atoms with Crippen LogP contribution < -0.4 is 5.32 Å². The minimum Gasteiger partial charge on any atom is -0.480 e. The molecule has 1 amide bonds. The van der Waals surface area contributed by atoms with E-state index in [2.05, 4.69) is 5.32 Å². The molecule has 0 aromatic heterocycles. The number of hydrogen-bond donors (Lipinski definition) is 2. The lowest BCUT2D eigenvalue weighted by Crippen LogP contribution is -2.45. The summed E-state index contributed by atoms with van der Waals surface area (Å²) < 4.78 is 0. The van der Waals surface area contributed by atoms with E-state index >= 15 is 0 Å². The minimum absolute atomic E-state index is 0.0853. The predicted molar refractivity (Wildman–Crippen MR) is 78.5 cm³/mol. The first kappa shape index (κ1) is 16.2. The Morgan fingerprint density at radius 1 is 1.20 bits per heavy atom. The van der Waals surface area contributed by atoms with Gasteiger partial charge < -0.3 is 10.4 Å². The number of nitrogens with one attached hydrogen (secondary N) is 1. The molecule has 1 rings (SSSR count). The highest BCUT2D eigenvalue weighted by Crippen LogP contribution is 2.12. The summed E-state index contributed by atoms with van der Waals surface area (Å²) in [5, 5.41) is 11.8. The molecular weight excluding hydrogens is 254 g/mol. The molecular formula is C16H23NO3. The average molecular weight is 277 g/mol. The Morgan fingerprint density at radius 2 is 1.80 bits per heavy atom. The normalized spacial score (nSPS) is 13.6. The molecule has 0 saturated carbocycles. The number of carbonyl (C=O) groups is 2. The zero-order valence-electron chi connectivity index (χ0n) is 12.3. The van der Waals surface area contributed by atoms with E-state index in [9.17, 15) is 14.7 Å². The lowest BCUT2D eigenvalue weighted by molar-refractivity contribution is -0.143. The number of amides is 1. The van der Waals surface area contributed by atoms with E-state index < -0.39 is 12.0 Å². The SMILES string of the molecule is CCc1ccccc1CC(=O)NC(C(=O)O)C(C)CC. The average Bonchev–Trinajstić information content (AvgIpc) is 2.44. The summed E-state index contributed by atoms with van der Waals surface area (Å²) in [6, 6.07) is 6.93. The zero-order chi connectivity index (χ0) is 15.1. The monoisotopic (exact) mass is 277 g/mol. The molecule has 0 fully saturated rings. The molecule has 20 heavy (non-hydrogen) atoms. The van der Waals surface area contributed by atoms with Crippen LogP contribution >= 0.6 is 0 Å². The number of hydrogen-bond acceptors (Lipinski definition) is 2. The molecule has 1 aromatic rings. The number of aliphatic carboxylic acids is 1. The Labute approximate surface area is 120 Å². The molecule has 0 radical (unpaired) electrons. The maximum atomic E-state index is 12.0. The summed E-state index contributed by atoms with van der Waals surface area (Å²) in [6.07, 6.45) is 1.80. The second kappa shape index (κ2) is 7.68. The summed E-state index contributed by atoms with van der Waals surface area (Å²) in [4.78, 5) is 23.2. The summed E-state index contributed by atoms with van der Waals surface area (Å²) in [7, 11) is 0. The molecule has 2 N–H and O–H groups in total. The standard InChI is InChI=1S/C16H23NO3/c1-4-11(3)15(16(19)20)17-14(18)10-13-9-7-6-8-12(13)5-2/h6-9,11,15H,4-5,10H2,1-3H3,(H,17,18)(H,19,20). The Bertz CT molecular complexity index is 471.